The molecule has 0 unspecified atom stereocenters. The number of nitrogens with zero attached hydrogens (tertiary/aromatic N) is 1. The summed E-state index contributed by atoms with van der Waals surface area (Å²) in [6.45, 7) is 9.15. The summed E-state index contributed by atoms with van der Waals surface area (Å²) in [6.07, 6.45) is 5.04. The Morgan fingerprint density at radius 3 is 2.14 bits per heavy atom. The minimum Gasteiger partial charge on any atom is -0.465 e. The van der Waals surface area contributed by atoms with Crippen molar-refractivity contribution in [3.8, 4) is 0 Å². The molecule has 2 atom stereocenters. The molecule has 1 rings (SSSR count). The largest absolute Gasteiger partial charge is 0.465 e. The van der Waals surface area contributed by atoms with E-state index in [9.17, 15) is 9.59 Å². The molecule has 21 heavy (non-hydrogen) atoms. The zero-order valence-electron chi connectivity index (χ0n) is 13.6. The summed E-state index contributed by atoms with van der Waals surface area (Å²) in [5.41, 5.74) is 0. The second kappa shape index (κ2) is 8.80. The quantitative estimate of drug-likeness (QED) is 0.410. The normalized spacial score (nSPS) is 21.6. The van der Waals surface area contributed by atoms with Gasteiger partial charge in [-0.15, -0.1) is 0 Å². The molecule has 5 nitrogen and oxygen atoms in total. The first-order valence-electron chi connectivity index (χ1n) is 7.99. The van der Waals surface area contributed by atoms with E-state index in [1.165, 1.54) is 0 Å². The van der Waals surface area contributed by atoms with Gasteiger partial charge in [0.05, 0.1) is 19.1 Å². The molecule has 0 aromatic heterocycles. The summed E-state index contributed by atoms with van der Waals surface area (Å²) in [7, 11) is 0. The van der Waals surface area contributed by atoms with E-state index in [2.05, 4.69) is 11.5 Å². The first-order chi connectivity index (χ1) is 10.0. The third-order valence-electron chi connectivity index (χ3n) is 3.97. The average Bonchev–Trinajstić information content (AvgIpc) is 2.84. The van der Waals surface area contributed by atoms with Gasteiger partial charge in [-0.25, -0.2) is 4.58 Å². The average molecular weight is 298 g/mol. The SMILES string of the molecule is CCOC(=O)C(C(=O)OCC)[C@@H](C=[N+]1CCC[C@@H]1C)CC. The van der Waals surface area contributed by atoms with Crippen LogP contribution in [0.1, 0.15) is 47.0 Å². The molecule has 1 saturated heterocycles. The topological polar surface area (TPSA) is 55.6 Å². The number of esters is 2. The maximum absolute atomic E-state index is 12.2. The lowest BCUT2D eigenvalue weighted by Crippen LogP contribution is -2.37. The minimum atomic E-state index is -0.859. The number of carbonyl (C=O) groups excluding carboxylic acids is 2. The molecule has 1 fully saturated rings. The molecule has 1 aliphatic rings. The molecule has 1 aliphatic heterocycles. The van der Waals surface area contributed by atoms with Gasteiger partial charge in [-0.3, -0.25) is 9.59 Å². The molecule has 0 aliphatic carbocycles. The van der Waals surface area contributed by atoms with Gasteiger partial charge >= 0.3 is 11.9 Å². The van der Waals surface area contributed by atoms with E-state index in [1.807, 2.05) is 13.1 Å². The highest BCUT2D eigenvalue weighted by atomic mass is 16.6. The number of hydrogen-bond donors (Lipinski definition) is 0. The van der Waals surface area contributed by atoms with Crippen LogP contribution >= 0.6 is 0 Å². The van der Waals surface area contributed by atoms with Gasteiger partial charge in [0, 0.05) is 12.8 Å². The molecule has 0 spiro atoms. The van der Waals surface area contributed by atoms with Gasteiger partial charge < -0.3 is 9.47 Å². The fourth-order valence-electron chi connectivity index (χ4n) is 2.76. The van der Waals surface area contributed by atoms with Crippen LogP contribution in [0.3, 0.4) is 0 Å². The van der Waals surface area contributed by atoms with Crippen molar-refractivity contribution in [2.45, 2.75) is 53.0 Å². The summed E-state index contributed by atoms with van der Waals surface area (Å²) in [5.74, 6) is -2.00. The third kappa shape index (κ3) is 4.83. The highest BCUT2D eigenvalue weighted by molar-refractivity contribution is 5.97. The first-order valence-corrected chi connectivity index (χ1v) is 7.99. The summed E-state index contributed by atoms with van der Waals surface area (Å²) in [6, 6.07) is 0.462. The van der Waals surface area contributed by atoms with E-state index >= 15 is 0 Å². The molecular weight excluding hydrogens is 270 g/mol. The van der Waals surface area contributed by atoms with Crippen molar-refractivity contribution in [3.05, 3.63) is 0 Å². The maximum Gasteiger partial charge on any atom is 0.321 e. The predicted molar refractivity (Wildman–Crippen MR) is 80.4 cm³/mol. The maximum atomic E-state index is 12.2. The molecule has 5 heteroatoms. The number of hydrogen-bond acceptors (Lipinski definition) is 4. The lowest BCUT2D eigenvalue weighted by Gasteiger charge is -2.19. The van der Waals surface area contributed by atoms with Crippen molar-refractivity contribution in [1.82, 2.24) is 0 Å². The Morgan fingerprint density at radius 2 is 1.76 bits per heavy atom. The number of ether oxygens (including phenoxy) is 2. The third-order valence-corrected chi connectivity index (χ3v) is 3.97. The molecule has 0 amide bonds. The summed E-state index contributed by atoms with van der Waals surface area (Å²) in [4.78, 5) is 24.3. The Kier molecular flexibility index (Phi) is 7.40. The number of carbonyl (C=O) groups is 2. The van der Waals surface area contributed by atoms with E-state index in [1.54, 1.807) is 13.8 Å². The van der Waals surface area contributed by atoms with Crippen molar-refractivity contribution in [2.75, 3.05) is 19.8 Å². The number of rotatable bonds is 7. The van der Waals surface area contributed by atoms with Crippen molar-refractivity contribution >= 4 is 18.2 Å². The fraction of sp³-hybridized carbons (Fsp3) is 0.812. The Balaban J connectivity index is 2.96. The highest BCUT2D eigenvalue weighted by Crippen LogP contribution is 2.20. The Bertz CT molecular complexity index is 374. The first kappa shape index (κ1) is 17.7. The summed E-state index contributed by atoms with van der Waals surface area (Å²) in [5, 5.41) is 0. The van der Waals surface area contributed by atoms with Crippen LogP contribution in [0, 0.1) is 11.8 Å². The van der Waals surface area contributed by atoms with Gasteiger partial charge in [0.2, 0.25) is 0 Å². The molecular formula is C16H28NO4+. The molecule has 0 saturated carbocycles. The second-order valence-corrected chi connectivity index (χ2v) is 5.43. The van der Waals surface area contributed by atoms with E-state index in [0.29, 0.717) is 12.5 Å². The molecule has 0 aromatic carbocycles. The van der Waals surface area contributed by atoms with E-state index < -0.39 is 17.9 Å². The van der Waals surface area contributed by atoms with Gasteiger partial charge in [-0.1, -0.05) is 6.92 Å². The van der Waals surface area contributed by atoms with Crippen LogP contribution in [0.2, 0.25) is 0 Å². The summed E-state index contributed by atoms with van der Waals surface area (Å²) >= 11 is 0. The Morgan fingerprint density at radius 1 is 1.19 bits per heavy atom. The van der Waals surface area contributed by atoms with Crippen molar-refractivity contribution in [3.63, 3.8) is 0 Å². The van der Waals surface area contributed by atoms with E-state index in [0.717, 1.165) is 19.4 Å². The standard InChI is InChI=1S/C16H28NO4/c1-5-13(11-17-10-8-9-12(17)4)14(15(18)20-6-2)16(19)21-7-3/h11-14H,5-10H2,1-4H3/q+1/t12-,13+/m0/s1. The Hall–Kier alpha value is -1.39. The van der Waals surface area contributed by atoms with Crippen LogP contribution in [0.25, 0.3) is 0 Å². The zero-order chi connectivity index (χ0) is 15.8. The van der Waals surface area contributed by atoms with E-state index in [-0.39, 0.29) is 19.1 Å². The molecule has 0 aromatic rings. The lowest BCUT2D eigenvalue weighted by atomic mass is 9.90. The summed E-state index contributed by atoms with van der Waals surface area (Å²) < 4.78 is 12.4. The Labute approximate surface area is 127 Å². The fourth-order valence-corrected chi connectivity index (χ4v) is 2.76. The highest BCUT2D eigenvalue weighted by Gasteiger charge is 2.38. The van der Waals surface area contributed by atoms with Crippen LogP contribution in [0.15, 0.2) is 0 Å². The molecule has 0 radical (unpaired) electrons. The van der Waals surface area contributed by atoms with Crippen LogP contribution in [-0.2, 0) is 19.1 Å². The van der Waals surface area contributed by atoms with Crippen LogP contribution < -0.4 is 0 Å². The van der Waals surface area contributed by atoms with Gasteiger partial charge in [0.1, 0.15) is 18.8 Å². The van der Waals surface area contributed by atoms with Gasteiger partial charge in [-0.2, -0.15) is 0 Å². The monoisotopic (exact) mass is 298 g/mol. The molecule has 1 heterocycles. The second-order valence-electron chi connectivity index (χ2n) is 5.43. The van der Waals surface area contributed by atoms with Crippen molar-refractivity contribution in [1.29, 1.82) is 0 Å². The van der Waals surface area contributed by atoms with Crippen LogP contribution in [0.5, 0.6) is 0 Å². The zero-order valence-corrected chi connectivity index (χ0v) is 13.6. The van der Waals surface area contributed by atoms with Crippen LogP contribution in [0.4, 0.5) is 0 Å². The molecule has 120 valence electrons. The molecule has 0 bridgehead atoms. The minimum absolute atomic E-state index is 0.177. The van der Waals surface area contributed by atoms with Crippen LogP contribution in [-0.4, -0.2) is 48.5 Å². The van der Waals surface area contributed by atoms with Crippen molar-refractivity contribution < 1.29 is 23.6 Å². The predicted octanol–water partition coefficient (Wildman–Crippen LogP) is 2.02. The van der Waals surface area contributed by atoms with Gasteiger partial charge in [-0.05, 0) is 27.2 Å². The van der Waals surface area contributed by atoms with Gasteiger partial charge in [0.15, 0.2) is 5.92 Å². The van der Waals surface area contributed by atoms with Crippen molar-refractivity contribution in [2.24, 2.45) is 11.8 Å². The van der Waals surface area contributed by atoms with E-state index in [4.69, 9.17) is 9.47 Å². The van der Waals surface area contributed by atoms with Gasteiger partial charge in [0.25, 0.3) is 0 Å². The molecule has 0 N–H and O–H groups in total. The smallest absolute Gasteiger partial charge is 0.321 e. The lowest BCUT2D eigenvalue weighted by molar-refractivity contribution is -0.537.